The minimum absolute atomic E-state index is 0.476. The molecule has 0 unspecified atom stereocenters. The van der Waals surface area contributed by atoms with E-state index in [9.17, 15) is 5.11 Å². The van der Waals surface area contributed by atoms with E-state index in [-0.39, 0.29) is 0 Å². The van der Waals surface area contributed by atoms with Crippen LogP contribution >= 0.6 is 0 Å². The second kappa shape index (κ2) is 6.44. The van der Waals surface area contributed by atoms with Gasteiger partial charge in [-0.3, -0.25) is 0 Å². The highest BCUT2D eigenvalue weighted by molar-refractivity contribution is 5.89. The minimum atomic E-state index is 0.476. The molecule has 0 saturated carbocycles. The fourth-order valence-electron chi connectivity index (χ4n) is 2.42. The molecule has 0 bridgehead atoms. The van der Waals surface area contributed by atoms with Gasteiger partial charge >= 0.3 is 0 Å². The molecule has 96 valence electrons. The molecule has 1 N–H and O–H groups in total. The van der Waals surface area contributed by atoms with Crippen LogP contribution in [0.25, 0.3) is 10.8 Å². The molecular formula is C17H22O. The van der Waals surface area contributed by atoms with E-state index >= 15 is 0 Å². The number of aryl methyl sites for hydroxylation is 1. The largest absolute Gasteiger partial charge is 0.507 e. The number of phenols is 1. The van der Waals surface area contributed by atoms with Gasteiger partial charge in [0.05, 0.1) is 0 Å². The molecule has 2 aromatic rings. The smallest absolute Gasteiger partial charge is 0.126 e. The molecular weight excluding hydrogens is 220 g/mol. The van der Waals surface area contributed by atoms with E-state index in [1.54, 1.807) is 0 Å². The predicted octanol–water partition coefficient (Wildman–Crippen LogP) is 5.06. The third-order valence-electron chi connectivity index (χ3n) is 3.53. The van der Waals surface area contributed by atoms with Crippen molar-refractivity contribution < 1.29 is 5.11 Å². The Kier molecular flexibility index (Phi) is 4.63. The topological polar surface area (TPSA) is 20.2 Å². The first-order chi connectivity index (χ1) is 8.83. The SMILES string of the molecule is CCCCCCCc1ccc2ccccc2c1O. The first-order valence-corrected chi connectivity index (χ1v) is 7.02. The van der Waals surface area contributed by atoms with Gasteiger partial charge in [-0.2, -0.15) is 0 Å². The van der Waals surface area contributed by atoms with Crippen LogP contribution in [0.3, 0.4) is 0 Å². The lowest BCUT2D eigenvalue weighted by Crippen LogP contribution is -1.88. The van der Waals surface area contributed by atoms with Gasteiger partial charge in [0.25, 0.3) is 0 Å². The summed E-state index contributed by atoms with van der Waals surface area (Å²) in [5, 5.41) is 12.3. The van der Waals surface area contributed by atoms with E-state index in [1.165, 1.54) is 32.1 Å². The van der Waals surface area contributed by atoms with Crippen molar-refractivity contribution in [2.45, 2.75) is 45.4 Å². The van der Waals surface area contributed by atoms with E-state index in [0.29, 0.717) is 5.75 Å². The molecule has 18 heavy (non-hydrogen) atoms. The first kappa shape index (κ1) is 12.9. The lowest BCUT2D eigenvalue weighted by Gasteiger charge is -2.08. The first-order valence-electron chi connectivity index (χ1n) is 7.02. The summed E-state index contributed by atoms with van der Waals surface area (Å²) in [5.74, 6) is 0.476. The third kappa shape index (κ3) is 3.04. The molecule has 0 aliphatic rings. The van der Waals surface area contributed by atoms with Crippen LogP contribution in [0, 0.1) is 0 Å². The van der Waals surface area contributed by atoms with Gasteiger partial charge in [0.1, 0.15) is 5.75 Å². The van der Waals surface area contributed by atoms with Crippen LogP contribution in [0.4, 0.5) is 0 Å². The molecule has 1 heteroatoms. The second-order valence-electron chi connectivity index (χ2n) is 4.96. The molecule has 1 nitrogen and oxygen atoms in total. The van der Waals surface area contributed by atoms with Gasteiger partial charge in [0.2, 0.25) is 0 Å². The number of fused-ring (bicyclic) bond motifs is 1. The van der Waals surface area contributed by atoms with Crippen LogP contribution in [-0.2, 0) is 6.42 Å². The quantitative estimate of drug-likeness (QED) is 0.702. The lowest BCUT2D eigenvalue weighted by molar-refractivity contribution is 0.472. The zero-order valence-electron chi connectivity index (χ0n) is 11.2. The fourth-order valence-corrected chi connectivity index (χ4v) is 2.42. The van der Waals surface area contributed by atoms with Crippen molar-refractivity contribution in [3.63, 3.8) is 0 Å². The van der Waals surface area contributed by atoms with E-state index in [1.807, 2.05) is 24.3 Å². The summed E-state index contributed by atoms with van der Waals surface area (Å²) in [6.07, 6.45) is 7.34. The van der Waals surface area contributed by atoms with E-state index in [0.717, 1.165) is 22.8 Å². The van der Waals surface area contributed by atoms with Crippen molar-refractivity contribution in [2.24, 2.45) is 0 Å². The van der Waals surface area contributed by atoms with Gasteiger partial charge < -0.3 is 5.11 Å². The van der Waals surface area contributed by atoms with Gasteiger partial charge in [0, 0.05) is 5.39 Å². The van der Waals surface area contributed by atoms with Crippen LogP contribution in [0.1, 0.15) is 44.6 Å². The van der Waals surface area contributed by atoms with Gasteiger partial charge in [-0.25, -0.2) is 0 Å². The summed E-state index contributed by atoms with van der Waals surface area (Å²) >= 11 is 0. The molecule has 0 heterocycles. The zero-order valence-corrected chi connectivity index (χ0v) is 11.2. The number of phenolic OH excluding ortho intramolecular Hbond substituents is 1. The van der Waals surface area contributed by atoms with Gasteiger partial charge in [-0.15, -0.1) is 0 Å². The molecule has 2 rings (SSSR count). The van der Waals surface area contributed by atoms with Crippen molar-refractivity contribution in [3.8, 4) is 5.75 Å². The maximum absolute atomic E-state index is 10.3. The number of benzene rings is 2. The van der Waals surface area contributed by atoms with Crippen LogP contribution in [-0.4, -0.2) is 5.11 Å². The summed E-state index contributed by atoms with van der Waals surface area (Å²) in [6, 6.07) is 12.2. The summed E-state index contributed by atoms with van der Waals surface area (Å²) in [4.78, 5) is 0. The Morgan fingerprint density at radius 1 is 0.889 bits per heavy atom. The number of unbranched alkanes of at least 4 members (excludes halogenated alkanes) is 4. The molecule has 0 atom stereocenters. The molecule has 2 aromatic carbocycles. The average Bonchev–Trinajstić information content (AvgIpc) is 2.41. The van der Waals surface area contributed by atoms with Gasteiger partial charge in [0.15, 0.2) is 0 Å². The third-order valence-corrected chi connectivity index (χ3v) is 3.53. The molecule has 0 saturated heterocycles. The molecule has 0 spiro atoms. The van der Waals surface area contributed by atoms with Crippen molar-refractivity contribution in [2.75, 3.05) is 0 Å². The highest BCUT2D eigenvalue weighted by atomic mass is 16.3. The fraction of sp³-hybridized carbons (Fsp3) is 0.412. The second-order valence-corrected chi connectivity index (χ2v) is 4.96. The number of hydrogen-bond donors (Lipinski definition) is 1. The van der Waals surface area contributed by atoms with Crippen LogP contribution < -0.4 is 0 Å². The Labute approximate surface area is 109 Å². The van der Waals surface area contributed by atoms with Crippen LogP contribution in [0.2, 0.25) is 0 Å². The molecule has 0 fully saturated rings. The average molecular weight is 242 g/mol. The molecule has 0 radical (unpaired) electrons. The minimum Gasteiger partial charge on any atom is -0.507 e. The summed E-state index contributed by atoms with van der Waals surface area (Å²) < 4.78 is 0. The van der Waals surface area contributed by atoms with E-state index < -0.39 is 0 Å². The summed E-state index contributed by atoms with van der Waals surface area (Å²) in [6.45, 7) is 2.23. The normalized spacial score (nSPS) is 10.9. The van der Waals surface area contributed by atoms with E-state index in [4.69, 9.17) is 0 Å². The summed E-state index contributed by atoms with van der Waals surface area (Å²) in [5.41, 5.74) is 1.09. The Balaban J connectivity index is 2.03. The monoisotopic (exact) mass is 242 g/mol. The molecule has 0 aromatic heterocycles. The van der Waals surface area contributed by atoms with Crippen molar-refractivity contribution in [1.29, 1.82) is 0 Å². The molecule has 0 aliphatic heterocycles. The van der Waals surface area contributed by atoms with Gasteiger partial charge in [-0.05, 0) is 23.8 Å². The van der Waals surface area contributed by atoms with Crippen molar-refractivity contribution in [3.05, 3.63) is 42.0 Å². The zero-order chi connectivity index (χ0) is 12.8. The summed E-state index contributed by atoms with van der Waals surface area (Å²) in [7, 11) is 0. The Bertz CT molecular complexity index is 502. The predicted molar refractivity (Wildman–Crippen MR) is 78.1 cm³/mol. The van der Waals surface area contributed by atoms with Crippen molar-refractivity contribution in [1.82, 2.24) is 0 Å². The maximum Gasteiger partial charge on any atom is 0.126 e. The van der Waals surface area contributed by atoms with Crippen LogP contribution in [0.15, 0.2) is 36.4 Å². The highest BCUT2D eigenvalue weighted by Gasteiger charge is 2.05. The molecule has 0 aliphatic carbocycles. The Morgan fingerprint density at radius 3 is 2.50 bits per heavy atom. The highest BCUT2D eigenvalue weighted by Crippen LogP contribution is 2.29. The Hall–Kier alpha value is -1.50. The van der Waals surface area contributed by atoms with Crippen molar-refractivity contribution >= 4 is 10.8 Å². The molecule has 0 amide bonds. The number of aromatic hydroxyl groups is 1. The van der Waals surface area contributed by atoms with Crippen LogP contribution in [0.5, 0.6) is 5.75 Å². The van der Waals surface area contributed by atoms with E-state index in [2.05, 4.69) is 19.1 Å². The standard InChI is InChI=1S/C17H22O/c1-2-3-4-5-6-10-15-13-12-14-9-7-8-11-16(14)17(15)18/h7-9,11-13,18H,2-6,10H2,1H3. The Morgan fingerprint density at radius 2 is 1.67 bits per heavy atom. The maximum atomic E-state index is 10.3. The number of hydrogen-bond acceptors (Lipinski definition) is 1. The lowest BCUT2D eigenvalue weighted by atomic mass is 10.0. The van der Waals surface area contributed by atoms with Gasteiger partial charge in [-0.1, -0.05) is 69.0 Å². The number of rotatable bonds is 6.